The Kier molecular flexibility index (Phi) is 7.74. The fraction of sp³-hybridized carbons (Fsp3) is 0.786. The predicted molar refractivity (Wildman–Crippen MR) is 86.2 cm³/mol. The number of nitrogens with zero attached hydrogens (tertiary/aromatic N) is 5. The zero-order valence-corrected chi connectivity index (χ0v) is 13.9. The van der Waals surface area contributed by atoms with Crippen molar-refractivity contribution in [1.29, 1.82) is 0 Å². The van der Waals surface area contributed by atoms with E-state index in [9.17, 15) is 0 Å². The van der Waals surface area contributed by atoms with E-state index in [4.69, 9.17) is 4.74 Å². The molecule has 0 fully saturated rings. The molecule has 0 bridgehead atoms. The zero-order chi connectivity index (χ0) is 15.7. The van der Waals surface area contributed by atoms with Gasteiger partial charge in [0, 0.05) is 26.2 Å². The van der Waals surface area contributed by atoms with E-state index in [-0.39, 0.29) is 0 Å². The van der Waals surface area contributed by atoms with E-state index in [2.05, 4.69) is 51.1 Å². The molecule has 0 amide bonds. The van der Waals surface area contributed by atoms with Gasteiger partial charge in [-0.25, -0.2) is 0 Å². The molecule has 7 nitrogen and oxygen atoms in total. The summed E-state index contributed by atoms with van der Waals surface area (Å²) in [5.74, 6) is 1.24. The number of ether oxygens (including phenoxy) is 1. The van der Waals surface area contributed by atoms with Crippen LogP contribution in [0.1, 0.15) is 27.2 Å². The maximum atomic E-state index is 5.45. The second kappa shape index (κ2) is 9.33. The van der Waals surface area contributed by atoms with Crippen LogP contribution in [-0.4, -0.2) is 66.7 Å². The molecule has 0 aliphatic rings. The van der Waals surface area contributed by atoms with Crippen LogP contribution < -0.4 is 15.0 Å². The second-order valence-corrected chi connectivity index (χ2v) is 5.00. The van der Waals surface area contributed by atoms with Crippen LogP contribution in [0, 0.1) is 0 Å². The molecule has 1 aromatic heterocycles. The first-order valence-corrected chi connectivity index (χ1v) is 7.63. The topological polar surface area (TPSA) is 66.4 Å². The van der Waals surface area contributed by atoms with Crippen LogP contribution in [0.3, 0.4) is 0 Å². The van der Waals surface area contributed by atoms with E-state index in [0.29, 0.717) is 24.5 Å². The molecular weight excluding hydrogens is 268 g/mol. The minimum atomic E-state index is 0.379. The Morgan fingerprint density at radius 2 is 1.76 bits per heavy atom. The van der Waals surface area contributed by atoms with E-state index in [1.807, 2.05) is 13.8 Å². The van der Waals surface area contributed by atoms with Crippen LogP contribution in [-0.2, 0) is 0 Å². The molecule has 1 rings (SSSR count). The molecule has 0 aliphatic heterocycles. The number of rotatable bonds is 10. The minimum absolute atomic E-state index is 0.379. The summed E-state index contributed by atoms with van der Waals surface area (Å²) < 4.78 is 5.45. The molecule has 1 heterocycles. The van der Waals surface area contributed by atoms with Crippen molar-refractivity contribution in [2.45, 2.75) is 27.2 Å². The largest absolute Gasteiger partial charge is 0.464 e. The number of aromatic nitrogens is 3. The van der Waals surface area contributed by atoms with Gasteiger partial charge in [-0.2, -0.15) is 15.0 Å². The van der Waals surface area contributed by atoms with E-state index >= 15 is 0 Å². The third kappa shape index (κ3) is 6.12. The zero-order valence-electron chi connectivity index (χ0n) is 13.9. The lowest BCUT2D eigenvalue weighted by Crippen LogP contribution is -2.34. The quantitative estimate of drug-likeness (QED) is 0.701. The highest BCUT2D eigenvalue weighted by Gasteiger charge is 2.13. The van der Waals surface area contributed by atoms with Crippen molar-refractivity contribution >= 4 is 11.9 Å². The van der Waals surface area contributed by atoms with Crippen molar-refractivity contribution in [3.63, 3.8) is 0 Å². The highest BCUT2D eigenvalue weighted by molar-refractivity contribution is 5.38. The van der Waals surface area contributed by atoms with Gasteiger partial charge in [0.15, 0.2) is 0 Å². The predicted octanol–water partition coefficient (Wildman–Crippen LogP) is 1.48. The van der Waals surface area contributed by atoms with Gasteiger partial charge in [0.25, 0.3) is 0 Å². The van der Waals surface area contributed by atoms with Crippen molar-refractivity contribution in [2.24, 2.45) is 0 Å². The van der Waals surface area contributed by atoms with Crippen LogP contribution in [0.2, 0.25) is 0 Å². The second-order valence-electron chi connectivity index (χ2n) is 5.00. The molecule has 0 aliphatic carbocycles. The van der Waals surface area contributed by atoms with Gasteiger partial charge in [-0.1, -0.05) is 6.92 Å². The molecule has 0 atom stereocenters. The Morgan fingerprint density at radius 3 is 2.33 bits per heavy atom. The van der Waals surface area contributed by atoms with Crippen molar-refractivity contribution in [3.8, 4) is 6.01 Å². The Balaban J connectivity index is 2.97. The molecule has 0 aromatic carbocycles. The van der Waals surface area contributed by atoms with E-state index in [1.165, 1.54) is 0 Å². The fourth-order valence-electron chi connectivity index (χ4n) is 1.82. The van der Waals surface area contributed by atoms with Gasteiger partial charge in [-0.3, -0.25) is 0 Å². The van der Waals surface area contributed by atoms with Gasteiger partial charge in [-0.15, -0.1) is 0 Å². The summed E-state index contributed by atoms with van der Waals surface area (Å²) in [5.41, 5.74) is 0. The lowest BCUT2D eigenvalue weighted by Gasteiger charge is -2.24. The van der Waals surface area contributed by atoms with Gasteiger partial charge in [-0.05, 0) is 34.4 Å². The summed E-state index contributed by atoms with van der Waals surface area (Å²) >= 11 is 0. The molecule has 0 saturated carbocycles. The molecule has 1 N–H and O–H groups in total. The standard InChI is InChI=1S/C14H28N6O/c1-6-9-20(11-10-19(4)5)13-16-12(15-7-2)17-14(18-13)21-8-3/h6-11H2,1-5H3,(H,15,16,17,18). The SMILES string of the molecule is CCCN(CCN(C)C)c1nc(NCC)nc(OCC)n1. The Labute approximate surface area is 127 Å². The minimum Gasteiger partial charge on any atom is -0.464 e. The molecule has 21 heavy (non-hydrogen) atoms. The summed E-state index contributed by atoms with van der Waals surface area (Å²) in [6.07, 6.45) is 1.04. The smallest absolute Gasteiger partial charge is 0.323 e. The fourth-order valence-corrected chi connectivity index (χ4v) is 1.82. The molecule has 7 heteroatoms. The number of hydrogen-bond donors (Lipinski definition) is 1. The first-order chi connectivity index (χ1) is 10.1. The Hall–Kier alpha value is -1.63. The maximum absolute atomic E-state index is 5.45. The summed E-state index contributed by atoms with van der Waals surface area (Å²) in [6.45, 7) is 10.1. The number of hydrogen-bond acceptors (Lipinski definition) is 7. The molecule has 0 spiro atoms. The van der Waals surface area contributed by atoms with Gasteiger partial charge >= 0.3 is 6.01 Å². The van der Waals surface area contributed by atoms with Crippen molar-refractivity contribution in [3.05, 3.63) is 0 Å². The first kappa shape index (κ1) is 17.4. The van der Waals surface area contributed by atoms with Gasteiger partial charge in [0.2, 0.25) is 11.9 Å². The average Bonchev–Trinajstić information content (AvgIpc) is 2.43. The molecule has 0 radical (unpaired) electrons. The molecule has 1 aromatic rings. The monoisotopic (exact) mass is 296 g/mol. The Morgan fingerprint density at radius 1 is 1.00 bits per heavy atom. The van der Waals surface area contributed by atoms with Crippen molar-refractivity contribution in [1.82, 2.24) is 19.9 Å². The third-order valence-corrected chi connectivity index (χ3v) is 2.80. The summed E-state index contributed by atoms with van der Waals surface area (Å²) in [7, 11) is 4.13. The lowest BCUT2D eigenvalue weighted by molar-refractivity contribution is 0.311. The lowest BCUT2D eigenvalue weighted by atomic mass is 10.4. The van der Waals surface area contributed by atoms with Crippen molar-refractivity contribution < 1.29 is 4.74 Å². The normalized spacial score (nSPS) is 10.8. The van der Waals surface area contributed by atoms with Gasteiger partial charge < -0.3 is 19.9 Å². The summed E-state index contributed by atoms with van der Waals surface area (Å²) in [6, 6.07) is 0.379. The van der Waals surface area contributed by atoms with Crippen LogP contribution in [0.25, 0.3) is 0 Å². The van der Waals surface area contributed by atoms with Gasteiger partial charge in [0.1, 0.15) is 0 Å². The van der Waals surface area contributed by atoms with Crippen LogP contribution in [0.5, 0.6) is 6.01 Å². The molecule has 0 saturated heterocycles. The number of nitrogens with one attached hydrogen (secondary N) is 1. The van der Waals surface area contributed by atoms with E-state index in [1.54, 1.807) is 0 Å². The summed E-state index contributed by atoms with van der Waals surface area (Å²) in [4.78, 5) is 17.5. The number of anilines is 2. The van der Waals surface area contributed by atoms with Crippen LogP contribution >= 0.6 is 0 Å². The van der Waals surface area contributed by atoms with Crippen LogP contribution in [0.15, 0.2) is 0 Å². The average molecular weight is 296 g/mol. The van der Waals surface area contributed by atoms with Crippen molar-refractivity contribution in [2.75, 3.05) is 57.1 Å². The third-order valence-electron chi connectivity index (χ3n) is 2.80. The highest BCUT2D eigenvalue weighted by atomic mass is 16.5. The van der Waals surface area contributed by atoms with E-state index in [0.717, 1.165) is 32.6 Å². The molecule has 0 unspecified atom stereocenters. The highest BCUT2D eigenvalue weighted by Crippen LogP contribution is 2.15. The Bertz CT molecular complexity index is 388. The first-order valence-electron chi connectivity index (χ1n) is 7.63. The van der Waals surface area contributed by atoms with Crippen LogP contribution in [0.4, 0.5) is 11.9 Å². The molecular formula is C14H28N6O. The summed E-state index contributed by atoms with van der Waals surface area (Å²) in [5, 5.41) is 3.13. The maximum Gasteiger partial charge on any atom is 0.323 e. The molecule has 120 valence electrons. The van der Waals surface area contributed by atoms with Gasteiger partial charge in [0.05, 0.1) is 6.61 Å². The number of likely N-dealkylation sites (N-methyl/N-ethyl adjacent to an activating group) is 1. The van der Waals surface area contributed by atoms with E-state index < -0.39 is 0 Å².